The highest BCUT2D eigenvalue weighted by molar-refractivity contribution is 7.80. The van der Waals surface area contributed by atoms with Gasteiger partial charge in [0.05, 0.1) is 42.2 Å². The minimum absolute atomic E-state index is 0.00928. The lowest BCUT2D eigenvalue weighted by molar-refractivity contribution is -0.399. The fourth-order valence-corrected chi connectivity index (χ4v) is 16.4. The Labute approximate surface area is 495 Å². The second-order valence-electron chi connectivity index (χ2n) is 26.9. The van der Waals surface area contributed by atoms with Crippen LogP contribution < -0.4 is 0 Å². The molecule has 0 aromatic rings. The summed E-state index contributed by atoms with van der Waals surface area (Å²) in [6, 6.07) is 0. The quantitative estimate of drug-likeness (QED) is 0.0610. The average molecular weight is 1240 g/mol. The molecule has 0 aromatic carbocycles. The lowest BCUT2D eigenvalue weighted by Crippen LogP contribution is -2.67. The number of ether oxygens (including phenoxy) is 10. The van der Waals surface area contributed by atoms with Crippen LogP contribution in [0.5, 0.6) is 0 Å². The van der Waals surface area contributed by atoms with Crippen molar-refractivity contribution in [1.82, 2.24) is 0 Å². The van der Waals surface area contributed by atoms with Gasteiger partial charge in [-0.05, 0) is 127 Å². The SMILES string of the molecule is CC(C)CC(=O)C[C@](C)(O)[C@H]1CC[C@H]2[C@H]3C[C@H](O[C@@H]4O[C@H](C)C(=O)[C@H](O[C@@H]5O[C@H](C)[C@@H](O[C@@H]6O[C@H](C)[C@H](O)[C@H](O)[C@H]6O[C@@H]6O[C@H](C)[C@H](O)[C@H](O)[C@H]6O)[C@H](O)[C@H]5O[C@@H]5O[C@H](C)[C@@H](O)[C@H](O)[C@H]5O)[C@H]4O)[C@H]4C[C@@H](OS(=O)(=O)O)CC[C@]4(C)C3=CC[C@@]21C. The monoisotopic (exact) mass is 1240 g/mol. The highest BCUT2D eigenvalue weighted by Gasteiger charge is 2.64. The highest BCUT2D eigenvalue weighted by Crippen LogP contribution is 2.67. The minimum atomic E-state index is -4.89. The van der Waals surface area contributed by atoms with Gasteiger partial charge in [0.15, 0.2) is 43.3 Å². The summed E-state index contributed by atoms with van der Waals surface area (Å²) in [5.74, 6) is -1.64. The smallest absolute Gasteiger partial charge is 0.389 e. The number of carbonyl (C=O) groups excluding carboxylic acids is 2. The molecular formula is C57H92O27S. The molecule has 3 saturated carbocycles. The van der Waals surface area contributed by atoms with Gasteiger partial charge < -0.3 is 104 Å². The molecule has 5 saturated heterocycles. The van der Waals surface area contributed by atoms with E-state index in [9.17, 15) is 78.7 Å². The summed E-state index contributed by atoms with van der Waals surface area (Å²) < 4.78 is 101. The molecule has 0 aromatic heterocycles. The van der Waals surface area contributed by atoms with Gasteiger partial charge in [0.1, 0.15) is 91.2 Å². The van der Waals surface area contributed by atoms with E-state index >= 15 is 0 Å². The maximum Gasteiger partial charge on any atom is 0.397 e. The van der Waals surface area contributed by atoms with Crippen molar-refractivity contribution >= 4 is 22.0 Å². The molecule has 9 aliphatic rings. The summed E-state index contributed by atoms with van der Waals surface area (Å²) in [6.45, 7) is 16.9. The summed E-state index contributed by atoms with van der Waals surface area (Å²) in [4.78, 5) is 27.6. The molecule has 9 rings (SSSR count). The van der Waals surface area contributed by atoms with Crippen LogP contribution >= 0.6 is 0 Å². The van der Waals surface area contributed by atoms with Gasteiger partial charge in [-0.1, -0.05) is 39.3 Å². The lowest BCUT2D eigenvalue weighted by Gasteiger charge is -2.60. The molecule has 488 valence electrons. The van der Waals surface area contributed by atoms with E-state index in [0.29, 0.717) is 38.5 Å². The molecular weight excluding hydrogens is 1150 g/mol. The van der Waals surface area contributed by atoms with E-state index in [0.717, 1.165) is 5.57 Å². The van der Waals surface area contributed by atoms with E-state index in [1.807, 2.05) is 13.8 Å². The van der Waals surface area contributed by atoms with Gasteiger partial charge in [-0.3, -0.25) is 14.1 Å². The van der Waals surface area contributed by atoms with Crippen LogP contribution in [0.1, 0.15) is 127 Å². The number of aliphatic hydroxyl groups is 11. The topological polar surface area (TPSA) is 413 Å². The summed E-state index contributed by atoms with van der Waals surface area (Å²) in [5.41, 5.74) is -1.28. The normalized spacial score (nSPS) is 51.3. The second kappa shape index (κ2) is 25.7. The van der Waals surface area contributed by atoms with Crippen molar-refractivity contribution in [2.75, 3.05) is 0 Å². The van der Waals surface area contributed by atoms with Gasteiger partial charge in [0, 0.05) is 12.8 Å². The van der Waals surface area contributed by atoms with Crippen LogP contribution in [0.4, 0.5) is 0 Å². The molecule has 8 fully saturated rings. The first kappa shape index (κ1) is 67.5. The zero-order valence-corrected chi connectivity index (χ0v) is 50.6. The molecule has 0 radical (unpaired) electrons. The van der Waals surface area contributed by atoms with E-state index in [1.54, 1.807) is 6.92 Å². The Morgan fingerprint density at radius 1 is 0.635 bits per heavy atom. The second-order valence-corrected chi connectivity index (χ2v) is 27.9. The number of ketones is 2. The number of rotatable bonds is 17. The molecule has 12 N–H and O–H groups in total. The Bertz CT molecular complexity index is 2490. The number of carbonyl (C=O) groups is 2. The Kier molecular flexibility index (Phi) is 20.4. The van der Waals surface area contributed by atoms with E-state index in [1.165, 1.54) is 34.6 Å². The molecule has 0 bridgehead atoms. The van der Waals surface area contributed by atoms with Crippen molar-refractivity contribution in [2.45, 2.75) is 292 Å². The number of Topliss-reactive ketones (excluding diaryl/α,β-unsaturated/α-hetero) is 2. The van der Waals surface area contributed by atoms with Gasteiger partial charge in [-0.25, -0.2) is 4.18 Å². The van der Waals surface area contributed by atoms with Crippen molar-refractivity contribution in [3.63, 3.8) is 0 Å². The van der Waals surface area contributed by atoms with Crippen molar-refractivity contribution in [1.29, 1.82) is 0 Å². The zero-order valence-electron chi connectivity index (χ0n) is 49.7. The third-order valence-electron chi connectivity index (χ3n) is 20.4. The summed E-state index contributed by atoms with van der Waals surface area (Å²) in [7, 11) is -4.89. The van der Waals surface area contributed by atoms with Crippen molar-refractivity contribution in [3.8, 4) is 0 Å². The van der Waals surface area contributed by atoms with E-state index < -0.39 is 198 Å². The Hall–Kier alpha value is -1.89. The molecule has 85 heavy (non-hydrogen) atoms. The molecule has 4 aliphatic carbocycles. The largest absolute Gasteiger partial charge is 0.397 e. The predicted molar refractivity (Wildman–Crippen MR) is 288 cm³/mol. The van der Waals surface area contributed by atoms with E-state index in [2.05, 4.69) is 19.9 Å². The standard InChI is InChI=1S/C57H92O27S/c1-21(2)17-27(58)20-57(10,70)34-12-11-30-29-19-33(32-18-28(84-85(71,72)73)13-15-55(32,8)31(29)14-16-56(30,34)9)79-52-45(69)47(38(62)25(6)76-52)81-54-49(83-51-43(67)40(64)36(60)23(4)75-51)44(68)46(26(7)78-54)80-53-48(41(65)37(61)24(5)77-53)82-50-42(66)39(63)35(59)22(3)74-50/h14,21-26,28-30,32-37,39-54,59-61,63-70H,11-13,15-20H2,1-10H3,(H,71,72,73)/t22-,23-,24-,25-,26-,28+,29-,30+,32-,33+,34+,35+,36-,37+,39+,40+,41+,42-,43-,44+,45-,46-,47+,48-,49-,50+,51+,52+,53+,54+,55-,56+,57+/m1/s1. The number of hydrogen-bond donors (Lipinski definition) is 12. The van der Waals surface area contributed by atoms with Gasteiger partial charge in [-0.15, -0.1) is 0 Å². The van der Waals surface area contributed by atoms with Crippen molar-refractivity contribution in [2.24, 2.45) is 40.4 Å². The fourth-order valence-electron chi connectivity index (χ4n) is 15.9. The summed E-state index contributed by atoms with van der Waals surface area (Å²) in [5, 5.41) is 124. The highest BCUT2D eigenvalue weighted by atomic mass is 32.3. The first-order valence-electron chi connectivity index (χ1n) is 30.1. The lowest BCUT2D eigenvalue weighted by atomic mass is 9.47. The molecule has 33 atom stereocenters. The maximum atomic E-state index is 14.4. The summed E-state index contributed by atoms with van der Waals surface area (Å²) in [6.07, 6.45) is -36.2. The molecule has 5 aliphatic heterocycles. The predicted octanol–water partition coefficient (Wildman–Crippen LogP) is -1.05. The van der Waals surface area contributed by atoms with Crippen LogP contribution in [0.25, 0.3) is 0 Å². The third kappa shape index (κ3) is 13.3. The maximum absolute atomic E-state index is 14.4. The minimum Gasteiger partial charge on any atom is -0.389 e. The van der Waals surface area contributed by atoms with Crippen LogP contribution in [0.2, 0.25) is 0 Å². The fraction of sp³-hybridized carbons (Fsp3) is 0.930. The molecule has 28 heteroatoms. The van der Waals surface area contributed by atoms with Crippen LogP contribution in [0, 0.1) is 40.4 Å². The van der Waals surface area contributed by atoms with Crippen LogP contribution in [0.15, 0.2) is 11.6 Å². The number of hydrogen-bond acceptors (Lipinski definition) is 26. The summed E-state index contributed by atoms with van der Waals surface area (Å²) >= 11 is 0. The van der Waals surface area contributed by atoms with Gasteiger partial charge in [0.2, 0.25) is 0 Å². The van der Waals surface area contributed by atoms with Crippen LogP contribution in [-0.2, 0) is 71.5 Å². The Morgan fingerprint density at radius 3 is 1.73 bits per heavy atom. The number of allylic oxidation sites excluding steroid dienone is 2. The van der Waals surface area contributed by atoms with Gasteiger partial charge in [0.25, 0.3) is 0 Å². The third-order valence-corrected chi connectivity index (χ3v) is 20.9. The van der Waals surface area contributed by atoms with Crippen LogP contribution in [0.3, 0.4) is 0 Å². The van der Waals surface area contributed by atoms with Crippen molar-refractivity contribution in [3.05, 3.63) is 11.6 Å². The molecule has 0 unspecified atom stereocenters. The first-order chi connectivity index (χ1) is 39.6. The molecule has 0 amide bonds. The van der Waals surface area contributed by atoms with E-state index in [-0.39, 0.29) is 48.7 Å². The van der Waals surface area contributed by atoms with Crippen LogP contribution in [-0.4, -0.2) is 246 Å². The zero-order chi connectivity index (χ0) is 62.5. The number of fused-ring (bicyclic) bond motifs is 5. The molecule has 0 spiro atoms. The molecule has 27 nitrogen and oxygen atoms in total. The number of aliphatic hydroxyl groups excluding tert-OH is 10. The van der Waals surface area contributed by atoms with Gasteiger partial charge in [-0.2, -0.15) is 8.42 Å². The van der Waals surface area contributed by atoms with Crippen molar-refractivity contribution < 1.29 is 130 Å². The first-order valence-corrected chi connectivity index (χ1v) is 31.4. The Balaban J connectivity index is 0.992. The average Bonchev–Trinajstić information content (AvgIpc) is 1.84. The van der Waals surface area contributed by atoms with E-state index in [4.69, 9.17) is 51.6 Å². The van der Waals surface area contributed by atoms with Gasteiger partial charge >= 0.3 is 10.4 Å². The molecule has 5 heterocycles. The Morgan fingerprint density at radius 2 is 1.15 bits per heavy atom.